The number of rotatable bonds is 27. The molecule has 0 spiro atoms. The number of anilines is 1. The third kappa shape index (κ3) is 27.5. The van der Waals surface area contributed by atoms with Gasteiger partial charge in [-0.25, -0.2) is 4.79 Å². The van der Waals surface area contributed by atoms with Crippen LogP contribution >= 0.6 is 0 Å². The summed E-state index contributed by atoms with van der Waals surface area (Å²) < 4.78 is 5.58. The van der Waals surface area contributed by atoms with Gasteiger partial charge in [-0.2, -0.15) is 0 Å². The Balaban J connectivity index is 1.89. The number of cyclic esters (lactones) is 1. The third-order valence-electron chi connectivity index (χ3n) is 15.9. The maximum atomic E-state index is 14.8. The fourth-order valence-corrected chi connectivity index (χ4v) is 10.3. The Morgan fingerprint density at radius 3 is 1.71 bits per heavy atom. The normalized spacial score (nSPS) is 21.9. The maximum Gasteiger partial charge on any atom is 0.337 e. The van der Waals surface area contributed by atoms with Crippen molar-refractivity contribution in [1.82, 2.24) is 74.1 Å². The number of aliphatic hydroxyl groups excluding tert-OH is 1. The van der Waals surface area contributed by atoms with Crippen molar-refractivity contribution >= 4 is 135 Å². The number of ketones is 1. The van der Waals surface area contributed by atoms with Gasteiger partial charge in [0.05, 0.1) is 51.8 Å². The van der Waals surface area contributed by atoms with E-state index >= 15 is 0 Å². The number of primary amides is 1. The fraction of sp³-hybridized carbons (Fsp3) is 0.469. The first-order valence-electron chi connectivity index (χ1n) is 32.9. The zero-order valence-corrected chi connectivity index (χ0v) is 57.9. The smallest absolute Gasteiger partial charge is 0.337 e. The molecule has 3 aromatic rings. The van der Waals surface area contributed by atoms with E-state index in [0.29, 0.717) is 16.5 Å². The number of fused-ring (bicyclic) bond motifs is 1. The lowest BCUT2D eigenvalue weighted by Gasteiger charge is -2.30. The molecule has 0 saturated carbocycles. The Morgan fingerprint density at radius 2 is 1.13 bits per heavy atom. The second kappa shape index (κ2) is 41.6. The number of aromatic nitrogens is 1. The quantitative estimate of drug-likeness (QED) is 0.0146. The summed E-state index contributed by atoms with van der Waals surface area (Å²) in [4.78, 5) is 274. The monoisotopic (exact) mass is 1510 g/mol. The van der Waals surface area contributed by atoms with E-state index < -0.39 is 261 Å². The van der Waals surface area contributed by atoms with Gasteiger partial charge < -0.3 is 122 Å². The minimum absolute atomic E-state index is 0.0989. The Kier molecular flexibility index (Phi) is 33.7. The summed E-state index contributed by atoms with van der Waals surface area (Å²) in [5, 5.41) is 77.6. The highest BCUT2D eigenvalue weighted by atomic mass is 16.5. The van der Waals surface area contributed by atoms with E-state index in [1.807, 2.05) is 26.6 Å². The van der Waals surface area contributed by atoms with Gasteiger partial charge in [0, 0.05) is 41.2 Å². The van der Waals surface area contributed by atoms with Gasteiger partial charge in [0.1, 0.15) is 66.5 Å². The van der Waals surface area contributed by atoms with Gasteiger partial charge in [-0.15, -0.1) is 0 Å². The van der Waals surface area contributed by atoms with Crippen molar-refractivity contribution in [2.75, 3.05) is 32.0 Å². The first kappa shape index (κ1) is 86.7. The van der Waals surface area contributed by atoms with E-state index in [-0.39, 0.29) is 31.5 Å². The molecule has 43 heteroatoms. The van der Waals surface area contributed by atoms with Crippen LogP contribution in [0.4, 0.5) is 5.69 Å². The van der Waals surface area contributed by atoms with Crippen LogP contribution < -0.4 is 86.3 Å². The lowest BCUT2D eigenvalue weighted by Crippen LogP contribution is -2.62. The van der Waals surface area contributed by atoms with E-state index in [0.717, 1.165) is 32.9 Å². The second-order valence-corrected chi connectivity index (χ2v) is 24.3. The number of ether oxygens (including phenoxy) is 1. The molecule has 4 rings (SSSR count). The predicted molar refractivity (Wildman–Crippen MR) is 363 cm³/mol. The number of para-hydroxylation sites is 2. The van der Waals surface area contributed by atoms with Gasteiger partial charge in [-0.05, 0) is 62.9 Å². The highest BCUT2D eigenvalue weighted by Gasteiger charge is 2.42. The topological polar surface area (TPSA) is 702 Å². The molecule has 2 aromatic carbocycles. The summed E-state index contributed by atoms with van der Waals surface area (Å²) in [5.41, 5.74) is 17.5. The molecule has 582 valence electrons. The van der Waals surface area contributed by atoms with Gasteiger partial charge in [0.2, 0.25) is 82.7 Å². The first-order chi connectivity index (χ1) is 50.4. The average molecular weight is 1510 g/mol. The number of H-pyrrole nitrogens is 1. The van der Waals surface area contributed by atoms with Crippen LogP contribution in [0.25, 0.3) is 10.9 Å². The number of nitrogen functional groups attached to an aromatic ring is 1. The number of esters is 1. The summed E-state index contributed by atoms with van der Waals surface area (Å²) >= 11 is 0. The van der Waals surface area contributed by atoms with Crippen molar-refractivity contribution in [2.24, 2.45) is 17.4 Å². The summed E-state index contributed by atoms with van der Waals surface area (Å²) in [7, 11) is 0. The van der Waals surface area contributed by atoms with Crippen LogP contribution in [0.15, 0.2) is 54.7 Å². The van der Waals surface area contributed by atoms with E-state index in [9.17, 15) is 121 Å². The summed E-state index contributed by atoms with van der Waals surface area (Å²) in [6.45, 7) is 0.382. The van der Waals surface area contributed by atoms with E-state index in [4.69, 9.17) is 21.9 Å². The van der Waals surface area contributed by atoms with Crippen LogP contribution in [0.3, 0.4) is 0 Å². The maximum absolute atomic E-state index is 14.8. The molecule has 2 unspecified atom stereocenters. The molecule has 2 heterocycles. The molecule has 0 radical (unpaired) electrons. The zero-order chi connectivity index (χ0) is 80.1. The van der Waals surface area contributed by atoms with Crippen LogP contribution in [-0.4, -0.2) is 248 Å². The number of amides is 14. The Morgan fingerprint density at radius 1 is 0.589 bits per heavy atom. The Bertz CT molecular complexity index is 3880. The van der Waals surface area contributed by atoms with E-state index in [1.165, 1.54) is 19.1 Å². The van der Waals surface area contributed by atoms with Crippen molar-refractivity contribution in [3.63, 3.8) is 0 Å². The Hall–Kier alpha value is -12.7. The number of hydrogen-bond donors (Lipinski definition) is 22. The largest absolute Gasteiger partial charge is 0.481 e. The number of carbonyl (C=O) groups is 20. The molecule has 25 N–H and O–H groups in total. The number of benzene rings is 2. The highest BCUT2D eigenvalue weighted by Crippen LogP contribution is 2.21. The molecule has 1 saturated heterocycles. The number of Topliss-reactive ketones (excluding diaryl/α,β-unsaturated/α-hetero) is 1. The fourth-order valence-electron chi connectivity index (χ4n) is 10.3. The van der Waals surface area contributed by atoms with Crippen LogP contribution in [0.5, 0.6) is 0 Å². The molecular weight excluding hydrogens is 1420 g/mol. The molecule has 13 atom stereocenters. The molecule has 1 fully saturated rings. The van der Waals surface area contributed by atoms with E-state index in [1.54, 1.807) is 30.5 Å². The number of nitrogens with two attached hydrogens (primary N) is 3. The number of hydrogen-bond acceptors (Lipinski definition) is 24. The zero-order valence-electron chi connectivity index (χ0n) is 57.9. The van der Waals surface area contributed by atoms with Gasteiger partial charge in [0.25, 0.3) is 0 Å². The molecule has 0 bridgehead atoms. The van der Waals surface area contributed by atoms with Crippen LogP contribution in [0.2, 0.25) is 0 Å². The van der Waals surface area contributed by atoms with Crippen LogP contribution in [0.1, 0.15) is 95.0 Å². The lowest BCUT2D eigenvalue weighted by atomic mass is 9.95. The van der Waals surface area contributed by atoms with Crippen LogP contribution in [-0.2, 0) is 102 Å². The highest BCUT2D eigenvalue weighted by molar-refractivity contribution is 6.16. The van der Waals surface area contributed by atoms with Gasteiger partial charge in [-0.3, -0.25) is 91.1 Å². The number of aliphatic carboxylic acids is 4. The standard InChI is InChI=1S/C64H85N17O26/c1-5-43(84)73-36(18-30-23-68-34-14-9-7-11-31(30)34)58(100)76-37(19-42(67)83)59(101)78-40(22-49(93)94)60(102)80-51-29(4)107-64(106)52(53(95)32-12-6-8-13-33(32)66)81-63(105)50(27(2)17-46(87)88)79-61(103)41(26-82)74-45(86)24-69-55(97)38(20-47(89)90)75-54(96)28(3)71-57(99)39(21-48(91)92)77-56(98)35(15-10-16-65)72-44(85)25-70-62(51)104/h6-9,11-14,23,27-29,35-41,50-52,68,82H,5,10,15-22,24-26,65-66H2,1-4H3,(H2,67,83)(H,69,97)(H,70,104)(H,71,99)(H,72,85)(H,73,84)(H,74,86)(H,75,96)(H,76,100)(H,77,98)(H,78,101)(H,79,103)(H,80,102)(H,81,105)(H,87,88)(H,89,90)(H,91,92)(H,93,94)/t27?,28-,29-,35+,36+,37+,38+,39+,40+,41-,50+,51+,52?/m1/s1. The number of carbonyl (C=O) groups excluding carboxylic acids is 16. The summed E-state index contributed by atoms with van der Waals surface area (Å²) in [6.07, 6.45) is -7.45. The third-order valence-corrected chi connectivity index (χ3v) is 15.9. The van der Waals surface area contributed by atoms with Crippen molar-refractivity contribution in [1.29, 1.82) is 0 Å². The van der Waals surface area contributed by atoms with Crippen molar-refractivity contribution in [2.45, 2.75) is 158 Å². The SMILES string of the molecule is CCC(=O)N[C@@H](Cc1c[nH]c2ccccc12)C(=O)N[C@@H](CC(N)=O)C(=O)N[C@@H](CC(=O)O)C(=O)N[C@@H]1C(=O)NCC(=O)N[C@@H](CCCN)C(=O)N[C@@H](CC(=O)O)C(=O)N[C@H](C)C(=O)N[C@@H](CC(=O)O)C(=O)NCC(=O)N[C@H](CO)C(=O)N[C@@H](C(C)CC(=O)O)C(=O)NC(C(=O)c2ccccc2N)C(=O)O[C@@H]1C. The number of aromatic amines is 1. The number of carboxylic acid groups (broad SMARTS) is 4. The van der Waals surface area contributed by atoms with E-state index in [2.05, 4.69) is 47.5 Å². The first-order valence-corrected chi connectivity index (χ1v) is 32.9. The van der Waals surface area contributed by atoms with Crippen molar-refractivity contribution < 1.29 is 126 Å². The lowest BCUT2D eigenvalue weighted by molar-refractivity contribution is -0.155. The number of carboxylic acids is 4. The van der Waals surface area contributed by atoms with Gasteiger partial charge >= 0.3 is 29.8 Å². The summed E-state index contributed by atoms with van der Waals surface area (Å²) in [6, 6.07) is -11.6. The molecule has 1 aromatic heterocycles. The predicted octanol–water partition coefficient (Wildman–Crippen LogP) is -8.74. The van der Waals surface area contributed by atoms with Crippen molar-refractivity contribution in [3.8, 4) is 0 Å². The molecule has 1 aliphatic rings. The molecule has 43 nitrogen and oxygen atoms in total. The molecule has 14 amide bonds. The minimum Gasteiger partial charge on any atom is -0.481 e. The molecule has 0 aliphatic carbocycles. The average Bonchev–Trinajstić information content (AvgIpc) is 1.81. The molecule has 1 aliphatic heterocycles. The number of aliphatic hydroxyl groups is 1. The number of nitrogens with one attached hydrogen (secondary N) is 14. The Labute approximate surface area is 606 Å². The van der Waals surface area contributed by atoms with Crippen molar-refractivity contribution in [3.05, 3.63) is 65.9 Å². The van der Waals surface area contributed by atoms with Gasteiger partial charge in [0.15, 0.2) is 11.8 Å². The minimum atomic E-state index is -2.71. The molecular formula is C64H85N17O26. The second-order valence-electron chi connectivity index (χ2n) is 24.3. The van der Waals surface area contributed by atoms with Gasteiger partial charge in [-0.1, -0.05) is 44.2 Å². The summed E-state index contributed by atoms with van der Waals surface area (Å²) in [5.74, 6) is -30.8. The molecule has 107 heavy (non-hydrogen) atoms. The van der Waals surface area contributed by atoms with Crippen LogP contribution in [0, 0.1) is 5.92 Å².